The van der Waals surface area contributed by atoms with Crippen LogP contribution in [0.5, 0.6) is 11.5 Å². The molecule has 1 amide bonds. The third-order valence-corrected chi connectivity index (χ3v) is 4.35. The largest absolute Gasteiger partial charge is 0.490 e. The molecule has 3 rings (SSSR count). The molecule has 8 heteroatoms. The number of rotatable bonds is 7. The van der Waals surface area contributed by atoms with Crippen LogP contribution in [0.1, 0.15) is 18.1 Å². The summed E-state index contributed by atoms with van der Waals surface area (Å²) in [5.74, 6) is 0.371. The Morgan fingerprint density at radius 1 is 1.17 bits per heavy atom. The van der Waals surface area contributed by atoms with Gasteiger partial charge in [-0.15, -0.1) is 0 Å². The van der Waals surface area contributed by atoms with Gasteiger partial charge in [-0.05, 0) is 48.9 Å². The molecule has 0 bridgehead atoms. The van der Waals surface area contributed by atoms with Crippen LogP contribution in [0, 0.1) is 0 Å². The van der Waals surface area contributed by atoms with Gasteiger partial charge in [0.1, 0.15) is 0 Å². The molecule has 0 saturated carbocycles. The van der Waals surface area contributed by atoms with Gasteiger partial charge in [-0.1, -0.05) is 23.7 Å². The van der Waals surface area contributed by atoms with Gasteiger partial charge in [0.2, 0.25) is 5.90 Å². The summed E-state index contributed by atoms with van der Waals surface area (Å²) in [5, 5.41) is 0.522. The van der Waals surface area contributed by atoms with Crippen molar-refractivity contribution in [2.75, 3.05) is 27.3 Å². The maximum absolute atomic E-state index is 12.2. The lowest BCUT2D eigenvalue weighted by molar-refractivity contribution is -0.131. The topological polar surface area (TPSA) is 77.4 Å². The highest BCUT2D eigenvalue weighted by Crippen LogP contribution is 2.30. The highest BCUT2D eigenvalue weighted by molar-refractivity contribution is 6.31. The molecule has 1 aliphatic rings. The van der Waals surface area contributed by atoms with Crippen LogP contribution >= 0.6 is 11.6 Å². The lowest BCUT2D eigenvalue weighted by Gasteiger charge is -2.14. The molecule has 30 heavy (non-hydrogen) atoms. The van der Waals surface area contributed by atoms with E-state index in [9.17, 15) is 9.59 Å². The maximum atomic E-state index is 12.2. The number of carbonyl (C=O) groups is 2. The summed E-state index contributed by atoms with van der Waals surface area (Å²) in [6.45, 7) is 2.15. The Hall–Kier alpha value is -3.32. The average Bonchev–Trinajstić information content (AvgIpc) is 3.07. The molecule has 0 atom stereocenters. The quantitative estimate of drug-likeness (QED) is 0.498. The van der Waals surface area contributed by atoms with Crippen molar-refractivity contribution >= 4 is 35.5 Å². The molecule has 156 valence electrons. The van der Waals surface area contributed by atoms with Crippen molar-refractivity contribution in [2.24, 2.45) is 4.99 Å². The summed E-state index contributed by atoms with van der Waals surface area (Å²) in [6, 6.07) is 12.0. The van der Waals surface area contributed by atoms with Gasteiger partial charge in [0.05, 0.1) is 6.61 Å². The number of nitrogens with zero attached hydrogens (tertiary/aromatic N) is 2. The Morgan fingerprint density at radius 2 is 1.97 bits per heavy atom. The number of hydrogen-bond donors (Lipinski definition) is 0. The SMILES string of the molecule is CCOc1cc(/C=C2\N=C(c3cccc(Cl)c3)OC2=O)ccc1OCC(=O)N(C)C. The number of amides is 1. The summed E-state index contributed by atoms with van der Waals surface area (Å²) >= 11 is 5.99. The van der Waals surface area contributed by atoms with Crippen LogP contribution in [0.15, 0.2) is 53.2 Å². The molecule has 1 aliphatic heterocycles. The van der Waals surface area contributed by atoms with E-state index in [1.165, 1.54) is 4.90 Å². The summed E-state index contributed by atoms with van der Waals surface area (Å²) in [6.07, 6.45) is 1.59. The number of halogens is 1. The van der Waals surface area contributed by atoms with Gasteiger partial charge in [-0.2, -0.15) is 0 Å². The lowest BCUT2D eigenvalue weighted by Crippen LogP contribution is -2.27. The lowest BCUT2D eigenvalue weighted by atomic mass is 10.1. The van der Waals surface area contributed by atoms with E-state index < -0.39 is 5.97 Å². The van der Waals surface area contributed by atoms with E-state index in [1.807, 2.05) is 6.92 Å². The zero-order valence-corrected chi connectivity index (χ0v) is 17.6. The van der Waals surface area contributed by atoms with Gasteiger partial charge in [0.15, 0.2) is 23.8 Å². The minimum absolute atomic E-state index is 0.104. The van der Waals surface area contributed by atoms with Crippen LogP contribution in [0.3, 0.4) is 0 Å². The molecule has 0 N–H and O–H groups in total. The fourth-order valence-corrected chi connectivity index (χ4v) is 2.77. The zero-order chi connectivity index (χ0) is 21.7. The fourth-order valence-electron chi connectivity index (χ4n) is 2.58. The van der Waals surface area contributed by atoms with E-state index in [1.54, 1.807) is 62.6 Å². The number of esters is 1. The van der Waals surface area contributed by atoms with Gasteiger partial charge in [-0.25, -0.2) is 9.79 Å². The molecule has 0 radical (unpaired) electrons. The number of carbonyl (C=O) groups excluding carboxylic acids is 2. The van der Waals surface area contributed by atoms with E-state index in [0.717, 1.165) is 0 Å². The zero-order valence-electron chi connectivity index (χ0n) is 16.8. The number of cyclic esters (lactones) is 1. The first-order valence-electron chi connectivity index (χ1n) is 9.25. The Morgan fingerprint density at radius 3 is 2.67 bits per heavy atom. The number of benzene rings is 2. The van der Waals surface area contributed by atoms with Crippen molar-refractivity contribution in [2.45, 2.75) is 6.92 Å². The molecule has 0 fully saturated rings. The van der Waals surface area contributed by atoms with Crippen LogP contribution in [0.2, 0.25) is 5.02 Å². The highest BCUT2D eigenvalue weighted by Gasteiger charge is 2.24. The Kier molecular flexibility index (Phi) is 6.74. The molecule has 7 nitrogen and oxygen atoms in total. The van der Waals surface area contributed by atoms with Gasteiger partial charge < -0.3 is 19.1 Å². The summed E-state index contributed by atoms with van der Waals surface area (Å²) in [7, 11) is 3.31. The van der Waals surface area contributed by atoms with Crippen LogP contribution in [0.4, 0.5) is 0 Å². The van der Waals surface area contributed by atoms with Crippen molar-refractivity contribution < 1.29 is 23.8 Å². The second-order valence-electron chi connectivity index (χ2n) is 6.56. The standard InChI is InChI=1S/C22H21ClN2O5/c1-4-28-19-11-14(8-9-18(19)29-13-20(26)25(2)3)10-17-22(27)30-21(24-17)15-6-5-7-16(23)12-15/h5-12H,4,13H2,1-3H3/b17-10-. The Labute approximate surface area is 179 Å². The monoisotopic (exact) mass is 428 g/mol. The van der Waals surface area contributed by atoms with E-state index in [-0.39, 0.29) is 24.1 Å². The Bertz CT molecular complexity index is 1030. The molecular formula is C22H21ClN2O5. The normalized spacial score (nSPS) is 14.3. The van der Waals surface area contributed by atoms with Crippen molar-refractivity contribution in [3.8, 4) is 11.5 Å². The molecule has 1 heterocycles. The minimum atomic E-state index is -0.556. The van der Waals surface area contributed by atoms with Crippen molar-refractivity contribution in [1.82, 2.24) is 4.90 Å². The number of likely N-dealkylation sites (N-methyl/N-ethyl adjacent to an activating group) is 1. The van der Waals surface area contributed by atoms with Crippen molar-refractivity contribution in [3.63, 3.8) is 0 Å². The smallest absolute Gasteiger partial charge is 0.363 e. The van der Waals surface area contributed by atoms with E-state index in [2.05, 4.69) is 4.99 Å². The van der Waals surface area contributed by atoms with Crippen LogP contribution < -0.4 is 9.47 Å². The molecule has 2 aromatic rings. The summed E-state index contributed by atoms with van der Waals surface area (Å²) in [4.78, 5) is 29.7. The second kappa shape index (κ2) is 9.45. The molecule has 0 unspecified atom stereocenters. The third kappa shape index (κ3) is 5.18. The fraction of sp³-hybridized carbons (Fsp3) is 0.227. The molecule has 2 aromatic carbocycles. The number of hydrogen-bond acceptors (Lipinski definition) is 6. The predicted molar refractivity (Wildman–Crippen MR) is 114 cm³/mol. The van der Waals surface area contributed by atoms with E-state index in [0.29, 0.717) is 34.3 Å². The van der Waals surface area contributed by atoms with Crippen LogP contribution in [0.25, 0.3) is 6.08 Å². The molecule has 0 aromatic heterocycles. The van der Waals surface area contributed by atoms with Crippen LogP contribution in [-0.4, -0.2) is 50.0 Å². The van der Waals surface area contributed by atoms with Crippen LogP contribution in [-0.2, 0) is 14.3 Å². The van der Waals surface area contributed by atoms with Crippen molar-refractivity contribution in [1.29, 1.82) is 0 Å². The molecule has 0 aliphatic carbocycles. The van der Waals surface area contributed by atoms with E-state index in [4.69, 9.17) is 25.8 Å². The summed E-state index contributed by atoms with van der Waals surface area (Å²) < 4.78 is 16.5. The average molecular weight is 429 g/mol. The van der Waals surface area contributed by atoms with E-state index >= 15 is 0 Å². The van der Waals surface area contributed by atoms with Crippen molar-refractivity contribution in [3.05, 3.63) is 64.3 Å². The Balaban J connectivity index is 1.84. The maximum Gasteiger partial charge on any atom is 0.363 e. The van der Waals surface area contributed by atoms with Gasteiger partial charge in [0, 0.05) is 24.7 Å². The predicted octanol–water partition coefficient (Wildman–Crippen LogP) is 3.55. The molecule has 0 spiro atoms. The van der Waals surface area contributed by atoms with Gasteiger partial charge in [0.25, 0.3) is 5.91 Å². The van der Waals surface area contributed by atoms with Gasteiger partial charge >= 0.3 is 5.97 Å². The van der Waals surface area contributed by atoms with Gasteiger partial charge in [-0.3, -0.25) is 4.79 Å². The first kappa shape index (κ1) is 21.4. The summed E-state index contributed by atoms with van der Waals surface area (Å²) in [5.41, 5.74) is 1.44. The molecule has 0 saturated heterocycles. The minimum Gasteiger partial charge on any atom is -0.490 e. The number of ether oxygens (including phenoxy) is 3. The number of aliphatic imine (C=N–C) groups is 1. The highest BCUT2D eigenvalue weighted by atomic mass is 35.5. The first-order chi connectivity index (χ1) is 14.4. The second-order valence-corrected chi connectivity index (χ2v) is 7.00. The first-order valence-corrected chi connectivity index (χ1v) is 9.63. The third-order valence-electron chi connectivity index (χ3n) is 4.11. The molecular weight excluding hydrogens is 408 g/mol.